The predicted molar refractivity (Wildman–Crippen MR) is 104 cm³/mol. The van der Waals surface area contributed by atoms with Crippen LogP contribution in [-0.2, 0) is 0 Å². The van der Waals surface area contributed by atoms with Gasteiger partial charge in [-0.2, -0.15) is 18.7 Å². The van der Waals surface area contributed by atoms with Crippen LogP contribution in [0.3, 0.4) is 0 Å². The van der Waals surface area contributed by atoms with Crippen molar-refractivity contribution in [2.24, 2.45) is 16.3 Å². The molecule has 0 aliphatic heterocycles. The molecule has 1 aliphatic carbocycles. The van der Waals surface area contributed by atoms with Crippen molar-refractivity contribution in [3.05, 3.63) is 23.5 Å². The van der Waals surface area contributed by atoms with Crippen molar-refractivity contribution in [3.63, 3.8) is 0 Å². The van der Waals surface area contributed by atoms with Gasteiger partial charge in [0.15, 0.2) is 6.61 Å². The van der Waals surface area contributed by atoms with Gasteiger partial charge in [0.2, 0.25) is 0 Å². The highest BCUT2D eigenvalue weighted by Gasteiger charge is 2.34. The number of nitrogens with one attached hydrogen (secondary N) is 3. The van der Waals surface area contributed by atoms with Gasteiger partial charge in [-0.25, -0.2) is 0 Å². The van der Waals surface area contributed by atoms with Gasteiger partial charge in [-0.1, -0.05) is 20.8 Å². The number of halogens is 3. The second-order valence-electron chi connectivity index (χ2n) is 7.94. The fraction of sp³-hybridized carbons (Fsp3) is 0.611. The molecule has 2 rings (SSSR count). The van der Waals surface area contributed by atoms with E-state index in [4.69, 9.17) is 10.6 Å². The minimum atomic E-state index is -4.47. The van der Waals surface area contributed by atoms with Crippen molar-refractivity contribution >= 4 is 11.7 Å². The molecule has 1 aromatic rings. The molecule has 1 amide bonds. The minimum absolute atomic E-state index is 0. The minimum Gasteiger partial charge on any atom is -0.484 e. The number of rotatable bonds is 7. The molecule has 0 saturated heterocycles. The van der Waals surface area contributed by atoms with Gasteiger partial charge in [-0.3, -0.25) is 26.0 Å². The standard InChI is InChI=1S/C18H27F3N6O2.H2/c1-17(2,3)14(15(23-4)26-27-22)25-16(28)12-7-13(29-9-18(19,20)21)11(8-24-12)10-5-6-10;/h7-8,10,14,27H,5-6,9,22H2,1-4H3,(H,23,26)(H,25,28);1H. The zero-order valence-electron chi connectivity index (χ0n) is 16.9. The SMILES string of the molecule is CN=C(NNN)C(NC(=O)c1cc(OCC(F)(F)F)c(C2CC2)cn1)C(C)(C)C.[HH]. The Hall–Kier alpha value is -2.40. The van der Waals surface area contributed by atoms with Crippen LogP contribution >= 0.6 is 0 Å². The van der Waals surface area contributed by atoms with E-state index >= 15 is 0 Å². The highest BCUT2D eigenvalue weighted by Crippen LogP contribution is 2.44. The number of amides is 1. The van der Waals surface area contributed by atoms with Crippen LogP contribution < -0.4 is 26.9 Å². The number of hydrogen-bond acceptors (Lipinski definition) is 6. The van der Waals surface area contributed by atoms with E-state index in [1.54, 1.807) is 0 Å². The van der Waals surface area contributed by atoms with Gasteiger partial charge < -0.3 is 10.1 Å². The van der Waals surface area contributed by atoms with E-state index in [-0.39, 0.29) is 18.8 Å². The lowest BCUT2D eigenvalue weighted by molar-refractivity contribution is -0.153. The summed E-state index contributed by atoms with van der Waals surface area (Å²) in [5.41, 5.74) is 5.04. The topological polar surface area (TPSA) is 114 Å². The summed E-state index contributed by atoms with van der Waals surface area (Å²) in [4.78, 5) is 21.0. The Bertz CT molecular complexity index is 763. The normalized spacial score (nSPS) is 16.3. The largest absolute Gasteiger partial charge is 0.484 e. The number of hydrogen-bond donors (Lipinski definition) is 4. The smallest absolute Gasteiger partial charge is 0.422 e. The quantitative estimate of drug-likeness (QED) is 0.234. The molecule has 0 aromatic carbocycles. The molecule has 1 fully saturated rings. The highest BCUT2D eigenvalue weighted by atomic mass is 19.4. The van der Waals surface area contributed by atoms with Crippen LogP contribution in [0.15, 0.2) is 17.3 Å². The predicted octanol–water partition coefficient (Wildman–Crippen LogP) is 2.29. The second kappa shape index (κ2) is 8.95. The highest BCUT2D eigenvalue weighted by molar-refractivity contribution is 5.98. The number of carbonyl (C=O) groups is 1. The summed E-state index contributed by atoms with van der Waals surface area (Å²) >= 11 is 0. The third kappa shape index (κ3) is 6.57. The lowest BCUT2D eigenvalue weighted by Crippen LogP contribution is -2.57. The van der Waals surface area contributed by atoms with Crippen LogP contribution in [0.1, 0.15) is 57.0 Å². The first-order chi connectivity index (χ1) is 13.5. The Kier molecular flexibility index (Phi) is 7.06. The molecule has 29 heavy (non-hydrogen) atoms. The molecule has 11 heteroatoms. The van der Waals surface area contributed by atoms with Crippen molar-refractivity contribution < 1.29 is 24.1 Å². The molecular formula is C18H29F3N6O2. The van der Waals surface area contributed by atoms with E-state index < -0.39 is 30.1 Å². The van der Waals surface area contributed by atoms with Crippen LogP contribution in [-0.4, -0.2) is 42.6 Å². The molecule has 5 N–H and O–H groups in total. The van der Waals surface area contributed by atoms with E-state index in [1.807, 2.05) is 20.8 Å². The summed E-state index contributed by atoms with van der Waals surface area (Å²) in [5, 5.41) is 2.80. The fourth-order valence-corrected chi connectivity index (χ4v) is 2.79. The van der Waals surface area contributed by atoms with Crippen LogP contribution in [0, 0.1) is 5.41 Å². The summed E-state index contributed by atoms with van der Waals surface area (Å²) in [6, 6.07) is 0.687. The van der Waals surface area contributed by atoms with Crippen LogP contribution in [0.2, 0.25) is 0 Å². The lowest BCUT2D eigenvalue weighted by Gasteiger charge is -2.32. The second-order valence-corrected chi connectivity index (χ2v) is 7.94. The zero-order valence-corrected chi connectivity index (χ0v) is 16.9. The molecule has 0 bridgehead atoms. The molecule has 164 valence electrons. The molecule has 1 heterocycles. The summed E-state index contributed by atoms with van der Waals surface area (Å²) in [6.45, 7) is 4.25. The fourth-order valence-electron chi connectivity index (χ4n) is 2.79. The molecule has 1 aliphatic rings. The molecule has 8 nitrogen and oxygen atoms in total. The maximum absolute atomic E-state index is 12.8. The van der Waals surface area contributed by atoms with Gasteiger partial charge in [-0.15, -0.1) is 0 Å². The number of hydrazine groups is 2. The zero-order chi connectivity index (χ0) is 21.8. The monoisotopic (exact) mass is 418 g/mol. The number of amidine groups is 1. The van der Waals surface area contributed by atoms with Gasteiger partial charge >= 0.3 is 6.18 Å². The van der Waals surface area contributed by atoms with Gasteiger partial charge in [-0.05, 0) is 24.2 Å². The third-order valence-corrected chi connectivity index (χ3v) is 4.39. The Morgan fingerprint density at radius 1 is 1.41 bits per heavy atom. The average molecular weight is 418 g/mol. The summed E-state index contributed by atoms with van der Waals surface area (Å²) < 4.78 is 42.8. The molecule has 0 radical (unpaired) electrons. The first-order valence-corrected chi connectivity index (χ1v) is 9.15. The Morgan fingerprint density at radius 2 is 2.07 bits per heavy atom. The number of pyridine rings is 1. The van der Waals surface area contributed by atoms with Crippen molar-refractivity contribution in [2.75, 3.05) is 13.7 Å². The number of alkyl halides is 3. The summed E-state index contributed by atoms with van der Waals surface area (Å²) in [5.74, 6) is 5.26. The number of nitrogens with two attached hydrogens (primary N) is 1. The summed E-state index contributed by atoms with van der Waals surface area (Å²) in [7, 11) is 1.54. The number of carbonyl (C=O) groups excluding carboxylic acids is 1. The number of nitrogens with zero attached hydrogens (tertiary/aromatic N) is 2. The van der Waals surface area contributed by atoms with Crippen molar-refractivity contribution in [3.8, 4) is 5.75 Å². The average Bonchev–Trinajstić information content (AvgIpc) is 3.46. The number of ether oxygens (including phenoxy) is 1. The van der Waals surface area contributed by atoms with E-state index in [1.165, 1.54) is 19.3 Å². The third-order valence-electron chi connectivity index (χ3n) is 4.39. The maximum atomic E-state index is 12.8. The van der Waals surface area contributed by atoms with Crippen molar-refractivity contribution in [1.29, 1.82) is 0 Å². The van der Waals surface area contributed by atoms with E-state index in [0.29, 0.717) is 11.4 Å². The molecular weight excluding hydrogens is 389 g/mol. The molecule has 1 aromatic heterocycles. The Balaban J connectivity index is 0.00000450. The number of aromatic nitrogens is 1. The van der Waals surface area contributed by atoms with Gasteiger partial charge in [0.05, 0.1) is 6.04 Å². The molecule has 1 unspecified atom stereocenters. The first-order valence-electron chi connectivity index (χ1n) is 9.15. The van der Waals surface area contributed by atoms with Gasteiger partial charge in [0.25, 0.3) is 5.91 Å². The maximum Gasteiger partial charge on any atom is 0.422 e. The van der Waals surface area contributed by atoms with E-state index in [2.05, 4.69) is 26.3 Å². The molecule has 1 atom stereocenters. The van der Waals surface area contributed by atoms with Gasteiger partial charge in [0, 0.05) is 26.3 Å². The Morgan fingerprint density at radius 3 is 2.55 bits per heavy atom. The van der Waals surface area contributed by atoms with Crippen molar-refractivity contribution in [2.45, 2.75) is 51.7 Å². The van der Waals surface area contributed by atoms with Gasteiger partial charge in [0.1, 0.15) is 17.3 Å². The Labute approximate surface area is 168 Å². The van der Waals surface area contributed by atoms with Crippen molar-refractivity contribution in [1.82, 2.24) is 21.3 Å². The molecule has 0 spiro atoms. The van der Waals surface area contributed by atoms with Crippen LogP contribution in [0.4, 0.5) is 13.2 Å². The van der Waals surface area contributed by atoms with E-state index in [0.717, 1.165) is 12.8 Å². The lowest BCUT2D eigenvalue weighted by atomic mass is 9.85. The number of aliphatic imine (C=N–C) groups is 1. The summed E-state index contributed by atoms with van der Waals surface area (Å²) in [6.07, 6.45) is -1.35. The van der Waals surface area contributed by atoms with Crippen LogP contribution in [0.5, 0.6) is 5.75 Å². The first kappa shape index (κ1) is 22.9. The van der Waals surface area contributed by atoms with E-state index in [9.17, 15) is 18.0 Å². The molecule has 1 saturated carbocycles. The van der Waals surface area contributed by atoms with Crippen LogP contribution in [0.25, 0.3) is 0 Å².